The van der Waals surface area contributed by atoms with E-state index in [1.807, 2.05) is 44.2 Å². The SMILES string of the molecule is CC(C=O)N(C)C(=O)C1(S)CC(CN(C)C)C(c2ccc3c(c2)OCO3)N1C. The Balaban J connectivity index is 1.96. The second kappa shape index (κ2) is 7.93. The minimum atomic E-state index is -0.992. The number of fused-ring (bicyclic) bond motifs is 1. The van der Waals surface area contributed by atoms with Gasteiger partial charge in [0.1, 0.15) is 11.2 Å². The molecule has 1 aromatic carbocycles. The molecule has 0 bridgehead atoms. The molecule has 0 N–H and O–H groups in total. The van der Waals surface area contributed by atoms with Gasteiger partial charge in [-0.1, -0.05) is 6.07 Å². The van der Waals surface area contributed by atoms with Crippen LogP contribution in [-0.2, 0) is 9.59 Å². The zero-order valence-corrected chi connectivity index (χ0v) is 18.0. The number of hydrogen-bond donors (Lipinski definition) is 1. The molecule has 7 nitrogen and oxygen atoms in total. The van der Waals surface area contributed by atoms with Crippen molar-refractivity contribution < 1.29 is 19.1 Å². The number of rotatable bonds is 6. The summed E-state index contributed by atoms with van der Waals surface area (Å²) < 4.78 is 11.0. The van der Waals surface area contributed by atoms with Crippen LogP contribution in [0.1, 0.15) is 24.9 Å². The molecule has 4 unspecified atom stereocenters. The average molecular weight is 408 g/mol. The molecule has 4 atom stereocenters. The van der Waals surface area contributed by atoms with Crippen molar-refractivity contribution in [2.24, 2.45) is 5.92 Å². The van der Waals surface area contributed by atoms with Crippen LogP contribution in [0.4, 0.5) is 0 Å². The lowest BCUT2D eigenvalue weighted by Gasteiger charge is -2.37. The lowest BCUT2D eigenvalue weighted by molar-refractivity contribution is -0.140. The van der Waals surface area contributed by atoms with Crippen molar-refractivity contribution in [1.29, 1.82) is 0 Å². The van der Waals surface area contributed by atoms with Gasteiger partial charge in [-0.05, 0) is 58.1 Å². The molecular weight excluding hydrogens is 378 g/mol. The molecular formula is C20H29N3O4S. The maximum atomic E-state index is 13.3. The smallest absolute Gasteiger partial charge is 0.253 e. The molecule has 0 radical (unpaired) electrons. The third-order valence-corrected chi connectivity index (χ3v) is 6.49. The van der Waals surface area contributed by atoms with E-state index in [4.69, 9.17) is 22.1 Å². The van der Waals surface area contributed by atoms with Gasteiger partial charge in [0, 0.05) is 19.6 Å². The van der Waals surface area contributed by atoms with Crippen LogP contribution in [0.25, 0.3) is 0 Å². The Bertz CT molecular complexity index is 759. The van der Waals surface area contributed by atoms with Gasteiger partial charge in [-0.15, -0.1) is 12.6 Å². The first kappa shape index (κ1) is 21.0. The molecule has 0 spiro atoms. The molecule has 0 aliphatic carbocycles. The van der Waals surface area contributed by atoms with Gasteiger partial charge in [0.2, 0.25) is 6.79 Å². The molecule has 1 amide bonds. The van der Waals surface area contributed by atoms with Crippen LogP contribution < -0.4 is 9.47 Å². The van der Waals surface area contributed by atoms with Gasteiger partial charge in [-0.25, -0.2) is 0 Å². The molecule has 0 aromatic heterocycles. The van der Waals surface area contributed by atoms with Crippen molar-refractivity contribution in [1.82, 2.24) is 14.7 Å². The molecule has 3 rings (SSSR count). The molecule has 2 aliphatic heterocycles. The Kier molecular flexibility index (Phi) is 5.93. The molecule has 8 heteroatoms. The monoisotopic (exact) mass is 407 g/mol. The lowest BCUT2D eigenvalue weighted by Crippen LogP contribution is -2.53. The van der Waals surface area contributed by atoms with E-state index in [0.717, 1.165) is 29.9 Å². The van der Waals surface area contributed by atoms with Gasteiger partial charge >= 0.3 is 0 Å². The highest BCUT2D eigenvalue weighted by Gasteiger charge is 2.54. The number of aldehydes is 1. The summed E-state index contributed by atoms with van der Waals surface area (Å²) in [6.45, 7) is 2.75. The molecule has 1 aromatic rings. The van der Waals surface area contributed by atoms with Crippen LogP contribution in [0.5, 0.6) is 11.5 Å². The first-order chi connectivity index (χ1) is 13.2. The minimum Gasteiger partial charge on any atom is -0.454 e. The number of amides is 1. The highest BCUT2D eigenvalue weighted by molar-refractivity contribution is 7.82. The van der Waals surface area contributed by atoms with E-state index in [0.29, 0.717) is 6.42 Å². The minimum absolute atomic E-state index is 0.0155. The van der Waals surface area contributed by atoms with Gasteiger partial charge in [-0.2, -0.15) is 0 Å². The van der Waals surface area contributed by atoms with E-state index < -0.39 is 10.9 Å². The van der Waals surface area contributed by atoms with Gasteiger partial charge < -0.3 is 24.1 Å². The normalized spacial score (nSPS) is 27.8. The second-order valence-electron chi connectivity index (χ2n) is 8.00. The zero-order chi connectivity index (χ0) is 20.6. The number of hydrogen-bond acceptors (Lipinski definition) is 7. The Morgan fingerprint density at radius 1 is 1.36 bits per heavy atom. The number of nitrogens with zero attached hydrogens (tertiary/aromatic N) is 3. The Labute approximate surface area is 172 Å². The standard InChI is InChI=1S/C20H29N3O4S/c1-13(11-24)22(4)19(25)20(28)9-15(10-21(2)3)18(23(20)5)14-6-7-16-17(8-14)27-12-26-16/h6-8,11,13,15,18,28H,9-10,12H2,1-5H3. The van der Waals surface area contributed by atoms with Crippen LogP contribution in [0.15, 0.2) is 18.2 Å². The number of carbonyl (C=O) groups is 2. The number of likely N-dealkylation sites (tertiary alicyclic amines) is 1. The van der Waals surface area contributed by atoms with E-state index in [2.05, 4.69) is 4.90 Å². The van der Waals surface area contributed by atoms with Crippen LogP contribution >= 0.6 is 12.6 Å². The van der Waals surface area contributed by atoms with E-state index >= 15 is 0 Å². The first-order valence-corrected chi connectivity index (χ1v) is 9.86. The fourth-order valence-electron chi connectivity index (χ4n) is 4.19. The number of likely N-dealkylation sites (N-methyl/N-ethyl adjacent to an activating group) is 2. The Hall–Kier alpha value is -1.77. The highest BCUT2D eigenvalue weighted by atomic mass is 32.1. The van der Waals surface area contributed by atoms with Crippen molar-refractivity contribution in [2.45, 2.75) is 30.3 Å². The zero-order valence-electron chi connectivity index (χ0n) is 17.1. The molecule has 1 saturated heterocycles. The number of thiol groups is 1. The fourth-order valence-corrected chi connectivity index (χ4v) is 4.71. The van der Waals surface area contributed by atoms with E-state index in [-0.39, 0.29) is 24.7 Å². The summed E-state index contributed by atoms with van der Waals surface area (Å²) in [6, 6.07) is 5.42. The summed E-state index contributed by atoms with van der Waals surface area (Å²) in [4.78, 5) is 29.1. The Morgan fingerprint density at radius 3 is 2.68 bits per heavy atom. The van der Waals surface area contributed by atoms with E-state index in [9.17, 15) is 9.59 Å². The molecule has 2 aliphatic rings. The average Bonchev–Trinajstić information content (AvgIpc) is 3.22. The summed E-state index contributed by atoms with van der Waals surface area (Å²) in [7, 11) is 7.63. The quantitative estimate of drug-likeness (QED) is 0.572. The van der Waals surface area contributed by atoms with Crippen molar-refractivity contribution in [3.8, 4) is 11.5 Å². The van der Waals surface area contributed by atoms with Crippen LogP contribution in [0.2, 0.25) is 0 Å². The van der Waals surface area contributed by atoms with Crippen LogP contribution in [0, 0.1) is 5.92 Å². The van der Waals surface area contributed by atoms with Gasteiger partial charge in [-0.3, -0.25) is 9.69 Å². The van der Waals surface area contributed by atoms with Crippen molar-refractivity contribution in [3.63, 3.8) is 0 Å². The van der Waals surface area contributed by atoms with Gasteiger partial charge in [0.25, 0.3) is 5.91 Å². The molecule has 0 saturated carbocycles. The van der Waals surface area contributed by atoms with Gasteiger partial charge in [0.15, 0.2) is 11.5 Å². The number of benzene rings is 1. The van der Waals surface area contributed by atoms with Crippen molar-refractivity contribution >= 4 is 24.8 Å². The maximum absolute atomic E-state index is 13.3. The third kappa shape index (κ3) is 3.60. The highest BCUT2D eigenvalue weighted by Crippen LogP contribution is 2.50. The fraction of sp³-hybridized carbons (Fsp3) is 0.600. The van der Waals surface area contributed by atoms with E-state index in [1.54, 1.807) is 14.0 Å². The summed E-state index contributed by atoms with van der Waals surface area (Å²) in [5.41, 5.74) is 1.06. The number of carbonyl (C=O) groups excluding carboxylic acids is 2. The maximum Gasteiger partial charge on any atom is 0.253 e. The van der Waals surface area contributed by atoms with Crippen molar-refractivity contribution in [2.75, 3.05) is 41.5 Å². The second-order valence-corrected chi connectivity index (χ2v) is 8.74. The summed E-state index contributed by atoms with van der Waals surface area (Å²) in [5, 5.41) is 0. The third-order valence-electron chi connectivity index (χ3n) is 5.80. The lowest BCUT2D eigenvalue weighted by atomic mass is 9.92. The summed E-state index contributed by atoms with van der Waals surface area (Å²) in [6.07, 6.45) is 1.36. The first-order valence-electron chi connectivity index (χ1n) is 9.41. The van der Waals surface area contributed by atoms with E-state index in [1.165, 1.54) is 4.90 Å². The molecule has 2 heterocycles. The predicted molar refractivity (Wildman–Crippen MR) is 110 cm³/mol. The van der Waals surface area contributed by atoms with Crippen LogP contribution in [0.3, 0.4) is 0 Å². The largest absolute Gasteiger partial charge is 0.454 e. The predicted octanol–water partition coefficient (Wildman–Crippen LogP) is 1.64. The van der Waals surface area contributed by atoms with Crippen molar-refractivity contribution in [3.05, 3.63) is 23.8 Å². The van der Waals surface area contributed by atoms with Gasteiger partial charge in [0.05, 0.1) is 6.04 Å². The van der Waals surface area contributed by atoms with Crippen LogP contribution in [-0.4, -0.2) is 79.3 Å². The topological polar surface area (TPSA) is 62.3 Å². The molecule has 1 fully saturated rings. The molecule has 154 valence electrons. The summed E-state index contributed by atoms with van der Waals surface area (Å²) in [5.74, 6) is 1.48. The Morgan fingerprint density at radius 2 is 2.04 bits per heavy atom. The number of ether oxygens (including phenoxy) is 2. The summed E-state index contributed by atoms with van der Waals surface area (Å²) >= 11 is 4.86. The molecule has 28 heavy (non-hydrogen) atoms.